The van der Waals surface area contributed by atoms with Gasteiger partial charge < -0.3 is 10.4 Å². The molecule has 2 rings (SSSR count). The minimum atomic E-state index is -0.771. The molecule has 2 N–H and O–H groups in total. The zero-order valence-corrected chi connectivity index (χ0v) is 13.4. The van der Waals surface area contributed by atoms with Gasteiger partial charge in [0.1, 0.15) is 0 Å². The number of likely N-dealkylation sites (tertiary alicyclic amines) is 1. The summed E-state index contributed by atoms with van der Waals surface area (Å²) in [7, 11) is 0. The predicted octanol–water partition coefficient (Wildman–Crippen LogP) is 2.43. The van der Waals surface area contributed by atoms with E-state index in [2.05, 4.69) is 5.32 Å². The number of carboxylic acid groups (broad SMARTS) is 1. The molecular formula is C17H24N2O3. The summed E-state index contributed by atoms with van der Waals surface area (Å²) in [5.41, 5.74) is 2.94. The molecule has 1 aromatic rings. The highest BCUT2D eigenvalue weighted by atomic mass is 16.4. The van der Waals surface area contributed by atoms with Crippen LogP contribution in [0.2, 0.25) is 0 Å². The summed E-state index contributed by atoms with van der Waals surface area (Å²) in [6.45, 7) is 6.99. The van der Waals surface area contributed by atoms with Crippen molar-refractivity contribution in [1.82, 2.24) is 4.90 Å². The molecule has 2 atom stereocenters. The lowest BCUT2D eigenvalue weighted by molar-refractivity contribution is -0.144. The van der Waals surface area contributed by atoms with Gasteiger partial charge in [0.25, 0.3) is 0 Å². The third kappa shape index (κ3) is 3.85. The molecule has 0 spiro atoms. The molecule has 5 heteroatoms. The molecule has 0 bridgehead atoms. The van der Waals surface area contributed by atoms with Gasteiger partial charge in [-0.3, -0.25) is 14.5 Å². The van der Waals surface area contributed by atoms with Crippen LogP contribution in [-0.4, -0.2) is 41.0 Å². The van der Waals surface area contributed by atoms with Crippen molar-refractivity contribution in [3.05, 3.63) is 29.3 Å². The number of hydrogen-bond donors (Lipinski definition) is 2. The van der Waals surface area contributed by atoms with E-state index in [1.54, 1.807) is 0 Å². The maximum Gasteiger partial charge on any atom is 0.307 e. The lowest BCUT2D eigenvalue weighted by Crippen LogP contribution is -2.48. The number of rotatable bonds is 4. The van der Waals surface area contributed by atoms with Crippen molar-refractivity contribution in [3.8, 4) is 0 Å². The molecule has 120 valence electrons. The van der Waals surface area contributed by atoms with Crippen LogP contribution < -0.4 is 5.32 Å². The number of nitrogens with one attached hydrogen (secondary N) is 1. The number of nitrogens with zero attached hydrogens (tertiary/aromatic N) is 1. The van der Waals surface area contributed by atoms with E-state index in [0.717, 1.165) is 29.8 Å². The Kier molecular flexibility index (Phi) is 5.19. The lowest BCUT2D eigenvalue weighted by atomic mass is 9.97. The zero-order chi connectivity index (χ0) is 16.3. The number of aliphatic carboxylic acids is 1. The summed E-state index contributed by atoms with van der Waals surface area (Å²) >= 11 is 0. The SMILES string of the molecule is Cc1ccc(C)c(NC(=O)C(C)N2CCCC(C(=O)O)C2)c1. The highest BCUT2D eigenvalue weighted by Crippen LogP contribution is 2.21. The van der Waals surface area contributed by atoms with Crippen molar-refractivity contribution in [2.75, 3.05) is 18.4 Å². The molecule has 0 saturated carbocycles. The van der Waals surface area contributed by atoms with Gasteiger partial charge in [-0.05, 0) is 57.4 Å². The summed E-state index contributed by atoms with van der Waals surface area (Å²) in [6.07, 6.45) is 1.51. The molecule has 1 amide bonds. The van der Waals surface area contributed by atoms with E-state index in [0.29, 0.717) is 13.0 Å². The van der Waals surface area contributed by atoms with Gasteiger partial charge in [0.2, 0.25) is 5.91 Å². The van der Waals surface area contributed by atoms with Crippen molar-refractivity contribution in [1.29, 1.82) is 0 Å². The van der Waals surface area contributed by atoms with E-state index in [9.17, 15) is 9.59 Å². The fourth-order valence-corrected chi connectivity index (χ4v) is 2.83. The largest absolute Gasteiger partial charge is 0.481 e. The summed E-state index contributed by atoms with van der Waals surface area (Å²) in [5, 5.41) is 12.1. The van der Waals surface area contributed by atoms with Crippen molar-refractivity contribution < 1.29 is 14.7 Å². The average molecular weight is 304 g/mol. The summed E-state index contributed by atoms with van der Waals surface area (Å²) in [6, 6.07) is 5.62. The molecule has 2 unspecified atom stereocenters. The van der Waals surface area contributed by atoms with E-state index >= 15 is 0 Å². The number of aryl methyl sites for hydroxylation is 2. The first-order valence-corrected chi connectivity index (χ1v) is 7.73. The Morgan fingerprint density at radius 1 is 1.36 bits per heavy atom. The van der Waals surface area contributed by atoms with Crippen LogP contribution in [0.15, 0.2) is 18.2 Å². The average Bonchev–Trinajstić information content (AvgIpc) is 2.50. The first kappa shape index (κ1) is 16.5. The minimum Gasteiger partial charge on any atom is -0.481 e. The number of piperidine rings is 1. The zero-order valence-electron chi connectivity index (χ0n) is 13.4. The normalized spacial score (nSPS) is 20.4. The van der Waals surface area contributed by atoms with Crippen LogP contribution in [-0.2, 0) is 9.59 Å². The highest BCUT2D eigenvalue weighted by molar-refractivity contribution is 5.95. The Bertz CT molecular complexity index is 571. The van der Waals surface area contributed by atoms with Crippen LogP contribution in [0.3, 0.4) is 0 Å². The number of hydrogen-bond acceptors (Lipinski definition) is 3. The maximum absolute atomic E-state index is 12.5. The molecule has 0 radical (unpaired) electrons. The molecule has 0 aromatic heterocycles. The maximum atomic E-state index is 12.5. The summed E-state index contributed by atoms with van der Waals surface area (Å²) in [4.78, 5) is 25.6. The van der Waals surface area contributed by atoms with Gasteiger partial charge in [-0.15, -0.1) is 0 Å². The molecule has 1 aliphatic heterocycles. The molecule has 1 fully saturated rings. The topological polar surface area (TPSA) is 69.6 Å². The number of amides is 1. The fourth-order valence-electron chi connectivity index (χ4n) is 2.83. The van der Waals surface area contributed by atoms with E-state index in [1.807, 2.05) is 43.9 Å². The molecule has 1 aliphatic rings. The number of benzene rings is 1. The Balaban J connectivity index is 2.02. The standard InChI is InChI=1S/C17H24N2O3/c1-11-6-7-12(2)15(9-11)18-16(20)13(3)19-8-4-5-14(10-19)17(21)22/h6-7,9,13-14H,4-5,8,10H2,1-3H3,(H,18,20)(H,21,22). The highest BCUT2D eigenvalue weighted by Gasteiger charge is 2.30. The molecule has 1 saturated heterocycles. The lowest BCUT2D eigenvalue weighted by Gasteiger charge is -2.34. The van der Waals surface area contributed by atoms with E-state index in [1.165, 1.54) is 0 Å². The van der Waals surface area contributed by atoms with Gasteiger partial charge in [0, 0.05) is 12.2 Å². The van der Waals surface area contributed by atoms with Crippen molar-refractivity contribution >= 4 is 17.6 Å². The van der Waals surface area contributed by atoms with Gasteiger partial charge in [-0.2, -0.15) is 0 Å². The van der Waals surface area contributed by atoms with E-state index in [4.69, 9.17) is 5.11 Å². The third-order valence-corrected chi connectivity index (χ3v) is 4.38. The number of carboxylic acids is 1. The fraction of sp³-hybridized carbons (Fsp3) is 0.529. The van der Waals surface area contributed by atoms with Gasteiger partial charge in [0.05, 0.1) is 12.0 Å². The number of carbonyl (C=O) groups excluding carboxylic acids is 1. The van der Waals surface area contributed by atoms with Crippen LogP contribution >= 0.6 is 0 Å². The molecule has 1 aromatic carbocycles. The Hall–Kier alpha value is -1.88. The van der Waals surface area contributed by atoms with Crippen LogP contribution in [0.1, 0.15) is 30.9 Å². The quantitative estimate of drug-likeness (QED) is 0.896. The van der Waals surface area contributed by atoms with Gasteiger partial charge in [-0.1, -0.05) is 12.1 Å². The van der Waals surface area contributed by atoms with E-state index < -0.39 is 5.97 Å². The molecule has 22 heavy (non-hydrogen) atoms. The van der Waals surface area contributed by atoms with Crippen LogP contribution in [0, 0.1) is 19.8 Å². The Morgan fingerprint density at radius 3 is 2.77 bits per heavy atom. The first-order valence-electron chi connectivity index (χ1n) is 7.73. The summed E-state index contributed by atoms with van der Waals surface area (Å²) < 4.78 is 0. The molecule has 0 aliphatic carbocycles. The smallest absolute Gasteiger partial charge is 0.307 e. The van der Waals surface area contributed by atoms with Gasteiger partial charge in [0.15, 0.2) is 0 Å². The second kappa shape index (κ2) is 6.92. The number of carbonyl (C=O) groups is 2. The van der Waals surface area contributed by atoms with Crippen LogP contribution in [0.25, 0.3) is 0 Å². The Morgan fingerprint density at radius 2 is 2.09 bits per heavy atom. The van der Waals surface area contributed by atoms with Crippen molar-refractivity contribution in [3.63, 3.8) is 0 Å². The molecule has 1 heterocycles. The second-order valence-corrected chi connectivity index (χ2v) is 6.16. The van der Waals surface area contributed by atoms with Crippen LogP contribution in [0.4, 0.5) is 5.69 Å². The summed E-state index contributed by atoms with van der Waals surface area (Å²) in [5.74, 6) is -1.23. The monoisotopic (exact) mass is 304 g/mol. The van der Waals surface area contributed by atoms with Crippen LogP contribution in [0.5, 0.6) is 0 Å². The Labute approximate surface area is 131 Å². The van der Waals surface area contributed by atoms with Gasteiger partial charge in [-0.25, -0.2) is 0 Å². The first-order chi connectivity index (χ1) is 10.4. The van der Waals surface area contributed by atoms with Crippen molar-refractivity contribution in [2.45, 2.75) is 39.7 Å². The third-order valence-electron chi connectivity index (χ3n) is 4.38. The second-order valence-electron chi connectivity index (χ2n) is 6.16. The predicted molar refractivity (Wildman–Crippen MR) is 85.9 cm³/mol. The van der Waals surface area contributed by atoms with E-state index in [-0.39, 0.29) is 17.9 Å². The molecular weight excluding hydrogens is 280 g/mol. The van der Waals surface area contributed by atoms with Crippen molar-refractivity contribution in [2.24, 2.45) is 5.92 Å². The number of anilines is 1. The molecule has 5 nitrogen and oxygen atoms in total. The van der Waals surface area contributed by atoms with Gasteiger partial charge >= 0.3 is 5.97 Å². The minimum absolute atomic E-state index is 0.0836.